The van der Waals surface area contributed by atoms with Crippen LogP contribution in [0.25, 0.3) is 0 Å². The van der Waals surface area contributed by atoms with Crippen molar-refractivity contribution in [3.05, 3.63) is 18.5 Å². The van der Waals surface area contributed by atoms with Gasteiger partial charge in [-0.2, -0.15) is 8.42 Å². The molecule has 66 valence electrons. The molecule has 0 aliphatic heterocycles. The number of pyridine rings is 1. The Morgan fingerprint density at radius 1 is 1.58 bits per heavy atom. The van der Waals surface area contributed by atoms with Gasteiger partial charge in [0, 0.05) is 6.20 Å². The van der Waals surface area contributed by atoms with E-state index in [2.05, 4.69) is 9.17 Å². The molecule has 1 rings (SSSR count). The number of nitrogens with zero attached hydrogens (tertiary/aromatic N) is 1. The summed E-state index contributed by atoms with van der Waals surface area (Å²) in [7, 11) is -4.52. The molecule has 1 aromatic rings. The lowest BCUT2D eigenvalue weighted by Crippen LogP contribution is -2.08. The van der Waals surface area contributed by atoms with Crippen LogP contribution in [0.5, 0.6) is 5.75 Å². The molecule has 0 aliphatic carbocycles. The third kappa shape index (κ3) is 2.36. The Hall–Kier alpha value is -1.34. The highest BCUT2D eigenvalue weighted by Gasteiger charge is 2.08. The zero-order valence-corrected chi connectivity index (χ0v) is 6.65. The zero-order valence-electron chi connectivity index (χ0n) is 5.84. The number of rotatable bonds is 2. The lowest BCUT2D eigenvalue weighted by molar-refractivity contribution is 0.387. The maximum atomic E-state index is 10.2. The van der Waals surface area contributed by atoms with E-state index in [1.165, 1.54) is 12.3 Å². The second kappa shape index (κ2) is 2.95. The van der Waals surface area contributed by atoms with Gasteiger partial charge in [0.05, 0.1) is 11.9 Å². The fourth-order valence-electron chi connectivity index (χ4n) is 0.574. The Morgan fingerprint density at radius 2 is 2.25 bits per heavy atom. The van der Waals surface area contributed by atoms with Crippen LogP contribution >= 0.6 is 0 Å². The van der Waals surface area contributed by atoms with Crippen LogP contribution in [-0.2, 0) is 10.4 Å². The van der Waals surface area contributed by atoms with Crippen molar-refractivity contribution in [2.75, 3.05) is 5.73 Å². The zero-order chi connectivity index (χ0) is 9.19. The molecule has 1 aromatic heterocycles. The third-order valence-corrected chi connectivity index (χ3v) is 1.40. The normalized spacial score (nSPS) is 11.1. The predicted molar refractivity (Wildman–Crippen MR) is 40.8 cm³/mol. The molecule has 0 unspecified atom stereocenters. The number of nitrogen functional groups attached to an aromatic ring is 1. The van der Waals surface area contributed by atoms with Crippen molar-refractivity contribution in [1.29, 1.82) is 0 Å². The molecular formula is C5H6N2O4S. The van der Waals surface area contributed by atoms with E-state index in [1.807, 2.05) is 0 Å². The van der Waals surface area contributed by atoms with Crippen molar-refractivity contribution < 1.29 is 17.2 Å². The molecular weight excluding hydrogens is 184 g/mol. The molecule has 6 nitrogen and oxygen atoms in total. The maximum absolute atomic E-state index is 10.2. The quantitative estimate of drug-likeness (QED) is 0.628. The Bertz CT molecular complexity index is 375. The van der Waals surface area contributed by atoms with Crippen LogP contribution in [0.15, 0.2) is 18.5 Å². The van der Waals surface area contributed by atoms with Crippen molar-refractivity contribution in [2.24, 2.45) is 0 Å². The molecule has 0 spiro atoms. The Balaban J connectivity index is 2.98. The van der Waals surface area contributed by atoms with Crippen molar-refractivity contribution >= 4 is 16.1 Å². The summed E-state index contributed by atoms with van der Waals surface area (Å²) < 4.78 is 32.7. The van der Waals surface area contributed by atoms with Gasteiger partial charge < -0.3 is 9.92 Å². The van der Waals surface area contributed by atoms with Gasteiger partial charge in [0.25, 0.3) is 0 Å². The van der Waals surface area contributed by atoms with E-state index in [9.17, 15) is 8.42 Å². The number of hydrogen-bond acceptors (Lipinski definition) is 5. The fraction of sp³-hybridized carbons (Fsp3) is 0. The summed E-state index contributed by atoms with van der Waals surface area (Å²) in [5.41, 5.74) is 5.37. The van der Waals surface area contributed by atoms with E-state index in [4.69, 9.17) is 10.3 Å². The first-order valence-electron chi connectivity index (χ1n) is 2.85. The summed E-state index contributed by atoms with van der Waals surface area (Å²) in [5.74, 6) is -0.194. The first-order chi connectivity index (χ1) is 5.49. The Kier molecular flexibility index (Phi) is 2.15. The predicted octanol–water partition coefficient (Wildman–Crippen LogP) is -0.155. The highest BCUT2D eigenvalue weighted by atomic mass is 32.3. The van der Waals surface area contributed by atoms with Crippen molar-refractivity contribution in [2.45, 2.75) is 0 Å². The van der Waals surface area contributed by atoms with Crippen LogP contribution < -0.4 is 9.92 Å². The minimum absolute atomic E-state index is 0.0858. The van der Waals surface area contributed by atoms with Crippen LogP contribution in [0.3, 0.4) is 0 Å². The topological polar surface area (TPSA) is 103 Å². The minimum atomic E-state index is -4.52. The summed E-state index contributed by atoms with van der Waals surface area (Å²) in [4.78, 5) is 3.55. The maximum Gasteiger partial charge on any atom is 0.446 e. The molecule has 0 aliphatic rings. The van der Waals surface area contributed by atoms with Crippen LogP contribution in [0.4, 0.5) is 5.69 Å². The molecule has 7 heteroatoms. The van der Waals surface area contributed by atoms with E-state index < -0.39 is 10.4 Å². The van der Waals surface area contributed by atoms with E-state index in [0.717, 1.165) is 6.20 Å². The molecule has 0 saturated heterocycles. The monoisotopic (exact) mass is 190 g/mol. The second-order valence-electron chi connectivity index (χ2n) is 1.92. The fourth-order valence-corrected chi connectivity index (χ4v) is 0.940. The Labute approximate surface area is 68.9 Å². The molecule has 3 N–H and O–H groups in total. The van der Waals surface area contributed by atoms with Crippen molar-refractivity contribution in [3.63, 3.8) is 0 Å². The van der Waals surface area contributed by atoms with Gasteiger partial charge >= 0.3 is 10.4 Å². The summed E-state index contributed by atoms with van der Waals surface area (Å²) in [5, 5.41) is 0. The Morgan fingerprint density at radius 3 is 2.75 bits per heavy atom. The lowest BCUT2D eigenvalue weighted by Gasteiger charge is -2.02. The average molecular weight is 190 g/mol. The van der Waals surface area contributed by atoms with Crippen LogP contribution in [-0.4, -0.2) is 18.0 Å². The van der Waals surface area contributed by atoms with Crippen LogP contribution in [0, 0.1) is 0 Å². The smallest absolute Gasteiger partial charge is 0.396 e. The molecule has 0 bridgehead atoms. The highest BCUT2D eigenvalue weighted by Crippen LogP contribution is 2.19. The summed E-state index contributed by atoms with van der Waals surface area (Å²) in [6, 6.07) is 1.35. The lowest BCUT2D eigenvalue weighted by atomic mass is 10.4. The van der Waals surface area contributed by atoms with Gasteiger partial charge in [-0.3, -0.25) is 9.54 Å². The minimum Gasteiger partial charge on any atom is -0.396 e. The van der Waals surface area contributed by atoms with Crippen molar-refractivity contribution in [3.8, 4) is 5.75 Å². The summed E-state index contributed by atoms with van der Waals surface area (Å²) in [6.45, 7) is 0. The van der Waals surface area contributed by atoms with Gasteiger partial charge in [0.2, 0.25) is 0 Å². The van der Waals surface area contributed by atoms with E-state index >= 15 is 0 Å². The first-order valence-corrected chi connectivity index (χ1v) is 4.22. The van der Waals surface area contributed by atoms with Gasteiger partial charge in [-0.25, -0.2) is 0 Å². The summed E-state index contributed by atoms with van der Waals surface area (Å²) >= 11 is 0. The number of nitrogens with two attached hydrogens (primary N) is 1. The molecule has 0 fully saturated rings. The van der Waals surface area contributed by atoms with Crippen LogP contribution in [0.2, 0.25) is 0 Å². The number of aromatic nitrogens is 1. The highest BCUT2D eigenvalue weighted by molar-refractivity contribution is 7.81. The number of hydrogen-bond donors (Lipinski definition) is 2. The molecule has 0 amide bonds. The molecule has 1 heterocycles. The van der Waals surface area contributed by atoms with Crippen molar-refractivity contribution in [1.82, 2.24) is 4.98 Å². The van der Waals surface area contributed by atoms with E-state index in [0.29, 0.717) is 0 Å². The van der Waals surface area contributed by atoms with E-state index in [-0.39, 0.29) is 11.4 Å². The van der Waals surface area contributed by atoms with Gasteiger partial charge in [0.15, 0.2) is 5.75 Å². The van der Waals surface area contributed by atoms with E-state index in [1.54, 1.807) is 0 Å². The summed E-state index contributed by atoms with van der Waals surface area (Å²) in [6.07, 6.45) is 2.45. The molecule has 0 atom stereocenters. The largest absolute Gasteiger partial charge is 0.446 e. The van der Waals surface area contributed by atoms with Gasteiger partial charge in [0.1, 0.15) is 0 Å². The molecule has 12 heavy (non-hydrogen) atoms. The van der Waals surface area contributed by atoms with Gasteiger partial charge in [-0.15, -0.1) is 0 Å². The second-order valence-corrected chi connectivity index (χ2v) is 2.95. The molecule has 0 aromatic carbocycles. The average Bonchev–Trinajstić information content (AvgIpc) is 1.91. The first kappa shape index (κ1) is 8.75. The standard InChI is InChI=1S/C5H6N2O4S/c6-4-1-2-7-3-5(4)11-12(8,9)10/h1-3H,(H2,6,7)(H,8,9,10). The van der Waals surface area contributed by atoms with Crippen LogP contribution in [0.1, 0.15) is 0 Å². The SMILES string of the molecule is Nc1ccncc1OS(=O)(=O)O. The number of anilines is 1. The van der Waals surface area contributed by atoms with Gasteiger partial charge in [-0.05, 0) is 6.07 Å². The van der Waals surface area contributed by atoms with Gasteiger partial charge in [-0.1, -0.05) is 0 Å². The third-order valence-electron chi connectivity index (χ3n) is 1.01. The molecule has 0 radical (unpaired) electrons. The molecule has 0 saturated carbocycles.